The summed E-state index contributed by atoms with van der Waals surface area (Å²) in [7, 11) is 0.385. The third-order valence-electron chi connectivity index (χ3n) is 7.24. The minimum absolute atomic E-state index is 0. The van der Waals surface area contributed by atoms with Gasteiger partial charge in [-0.15, -0.1) is 24.8 Å². The molecule has 3 aliphatic carbocycles. The van der Waals surface area contributed by atoms with E-state index in [1.807, 2.05) is 0 Å². The molecule has 189 valence electrons. The van der Waals surface area contributed by atoms with Gasteiger partial charge in [-0.2, -0.15) is 0 Å². The Morgan fingerprint density at radius 2 is 1.31 bits per heavy atom. The summed E-state index contributed by atoms with van der Waals surface area (Å²) in [6.45, 7) is 0. The Morgan fingerprint density at radius 3 is 1.62 bits per heavy atom. The van der Waals surface area contributed by atoms with Gasteiger partial charge in [-0.25, -0.2) is 0 Å². The molecule has 32 heavy (non-hydrogen) atoms. The van der Waals surface area contributed by atoms with E-state index >= 15 is 0 Å². The number of imidazole rings is 1. The van der Waals surface area contributed by atoms with Crippen LogP contribution in [0.3, 0.4) is 0 Å². The van der Waals surface area contributed by atoms with E-state index < -0.39 is 6.04 Å². The van der Waals surface area contributed by atoms with Gasteiger partial charge in [0.2, 0.25) is 0 Å². The fourth-order valence-electron chi connectivity index (χ4n) is 5.73. The number of nitrogens with zero attached hydrogens (tertiary/aromatic N) is 1. The van der Waals surface area contributed by atoms with Crippen LogP contribution in [0.2, 0.25) is 0 Å². The number of hydrogen-bond donors (Lipinski definition) is 2. The third-order valence-corrected chi connectivity index (χ3v) is 11.9. The van der Waals surface area contributed by atoms with Crippen molar-refractivity contribution in [2.24, 2.45) is 5.73 Å². The van der Waals surface area contributed by atoms with Crippen LogP contribution in [0.15, 0.2) is 12.5 Å². The molecule has 0 radical (unpaired) electrons. The van der Waals surface area contributed by atoms with Gasteiger partial charge in [-0.05, 0) is 55.5 Å². The van der Waals surface area contributed by atoms with E-state index in [4.69, 9.17) is 5.73 Å². The van der Waals surface area contributed by atoms with Crippen LogP contribution in [0, 0.1) is 0 Å². The van der Waals surface area contributed by atoms with Crippen LogP contribution in [-0.4, -0.2) is 37.2 Å². The quantitative estimate of drug-likeness (QED) is 0.285. The summed E-state index contributed by atoms with van der Waals surface area (Å²) in [4.78, 5) is 17.4. The molecule has 0 bridgehead atoms. The zero-order valence-corrected chi connectivity index (χ0v) is 23.4. The molecule has 0 saturated heterocycles. The Balaban J connectivity index is 0.000000342. The van der Waals surface area contributed by atoms with E-state index in [1.54, 1.807) is 89.6 Å². The maximum atomic E-state index is 10.6. The molecule has 1 heterocycles. The summed E-state index contributed by atoms with van der Waals surface area (Å²) in [5.74, 6) is 0. The number of rotatable bonds is 6. The second-order valence-corrected chi connectivity index (χ2v) is 13.3. The standard InChI is InChI=1S/C18H33P.C6H8N3O.2ClH.Pd/c1-4-10-16(11-5-1)19(17-12-6-2-7-13-17)18-14-8-3-9-15-18;7-5(3-10)1-6-2-8-4-9-6;;;/h16-18H,1-15H2;2,4-5H,1,7H2,(H,8,9);2*1H;/t;5-;;;/m.0.../s1. The number of nitrogens with one attached hydrogen (secondary N) is 1. The first-order valence-corrected chi connectivity index (χ1v) is 14.6. The van der Waals surface area contributed by atoms with Gasteiger partial charge in [0, 0.05) is 0 Å². The fourth-order valence-corrected chi connectivity index (χ4v) is 10.6. The van der Waals surface area contributed by atoms with Crippen molar-refractivity contribution in [3.05, 3.63) is 18.2 Å². The monoisotopic (exact) mass is 596 g/mol. The van der Waals surface area contributed by atoms with E-state index in [0.717, 1.165) is 5.69 Å². The number of aromatic amines is 1. The first-order chi connectivity index (χ1) is 14.6. The molecule has 0 aliphatic heterocycles. The van der Waals surface area contributed by atoms with Gasteiger partial charge in [0.25, 0.3) is 0 Å². The predicted molar refractivity (Wildman–Crippen MR) is 137 cm³/mol. The zero-order valence-electron chi connectivity index (χ0n) is 19.3. The summed E-state index contributed by atoms with van der Waals surface area (Å²) in [5.41, 5.74) is 9.84. The van der Waals surface area contributed by atoms with Crippen LogP contribution in [-0.2, 0) is 30.4 Å². The normalized spacial score (nSPS) is 21.6. The molecule has 1 atom stereocenters. The second-order valence-electron chi connectivity index (χ2n) is 9.47. The molecule has 1 aromatic rings. The summed E-state index contributed by atoms with van der Waals surface area (Å²) in [6, 6.07) is -0.485. The molecule has 1 aromatic heterocycles. The molecule has 3 aliphatic rings. The van der Waals surface area contributed by atoms with Crippen LogP contribution in [0.4, 0.5) is 0 Å². The van der Waals surface area contributed by atoms with E-state index in [-0.39, 0.29) is 29.1 Å². The first-order valence-electron chi connectivity index (χ1n) is 12.3. The molecule has 0 spiro atoms. The average molecular weight is 598 g/mol. The Hall–Kier alpha value is 0.512. The molecule has 3 fully saturated rings. The maximum absolute atomic E-state index is 10.6. The number of halogens is 2. The molecule has 0 unspecified atom stereocenters. The number of aromatic nitrogens is 2. The van der Waals surface area contributed by atoms with Crippen molar-refractivity contribution in [2.75, 3.05) is 0 Å². The van der Waals surface area contributed by atoms with Crippen molar-refractivity contribution < 1.29 is 24.0 Å². The molecular weight excluding hydrogens is 555 g/mol. The van der Waals surface area contributed by atoms with Crippen LogP contribution in [0.25, 0.3) is 0 Å². The minimum atomic E-state index is -0.485. The van der Waals surface area contributed by atoms with Crippen molar-refractivity contribution in [3.8, 4) is 0 Å². The number of carbonyl (C=O) groups excluding carboxylic acids is 1. The van der Waals surface area contributed by atoms with Gasteiger partial charge in [0.05, 0.1) is 0 Å². The average Bonchev–Trinajstić information content (AvgIpc) is 3.30. The van der Waals surface area contributed by atoms with Crippen molar-refractivity contribution in [3.63, 3.8) is 0 Å². The van der Waals surface area contributed by atoms with Gasteiger partial charge in [0.1, 0.15) is 0 Å². The van der Waals surface area contributed by atoms with Crippen molar-refractivity contribution in [2.45, 2.75) is 126 Å². The topological polar surface area (TPSA) is 71.8 Å². The van der Waals surface area contributed by atoms with Gasteiger partial charge in [-0.1, -0.05) is 65.7 Å². The first kappa shape index (κ1) is 30.5. The van der Waals surface area contributed by atoms with E-state index in [1.165, 1.54) is 36.2 Å². The Kier molecular flexibility index (Phi) is 16.2. The zero-order chi connectivity index (χ0) is 21.2. The van der Waals surface area contributed by atoms with Crippen LogP contribution in [0.5, 0.6) is 0 Å². The SMILES string of the molecule is C1CCC(P(C2CCCCC2)C2CCCCC2)CC1.Cl.Cl.N[C@@H](Cc1c[nH]cn1)[C](=O)[Pd]. The van der Waals surface area contributed by atoms with Gasteiger partial charge in [0.15, 0.2) is 0 Å². The summed E-state index contributed by atoms with van der Waals surface area (Å²) >= 11 is 2.52. The summed E-state index contributed by atoms with van der Waals surface area (Å²) in [6.07, 6.45) is 27.4. The second kappa shape index (κ2) is 17.0. The van der Waals surface area contributed by atoms with Gasteiger partial charge < -0.3 is 0 Å². The van der Waals surface area contributed by atoms with Crippen LogP contribution in [0.1, 0.15) is 102 Å². The molecular formula is C24H43Cl2N3OPPd. The predicted octanol–water partition coefficient (Wildman–Crippen LogP) is 6.66. The molecule has 4 rings (SSSR count). The number of H-pyrrole nitrogens is 1. The molecule has 0 aromatic carbocycles. The van der Waals surface area contributed by atoms with Crippen LogP contribution < -0.4 is 5.73 Å². The Labute approximate surface area is 219 Å². The van der Waals surface area contributed by atoms with Crippen molar-refractivity contribution in [1.82, 2.24) is 9.97 Å². The molecule has 3 N–H and O–H groups in total. The van der Waals surface area contributed by atoms with E-state index in [0.29, 0.717) is 14.3 Å². The van der Waals surface area contributed by atoms with E-state index in [2.05, 4.69) is 29.2 Å². The van der Waals surface area contributed by atoms with Gasteiger partial charge >= 0.3 is 74.6 Å². The summed E-state index contributed by atoms with van der Waals surface area (Å²) in [5, 5.41) is 0. The Bertz CT molecular complexity index is 562. The number of carbonyl (C=O) groups is 1. The number of nitrogens with two attached hydrogens (primary N) is 1. The van der Waals surface area contributed by atoms with Gasteiger partial charge in [-0.3, -0.25) is 0 Å². The third kappa shape index (κ3) is 10.0. The molecule has 8 heteroatoms. The van der Waals surface area contributed by atoms with Crippen LogP contribution >= 0.6 is 32.7 Å². The fraction of sp³-hybridized carbons (Fsp3) is 0.833. The molecule has 3 saturated carbocycles. The van der Waals surface area contributed by atoms with E-state index in [9.17, 15) is 4.79 Å². The Morgan fingerprint density at radius 1 is 0.906 bits per heavy atom. The molecule has 0 amide bonds. The number of hydrogen-bond acceptors (Lipinski definition) is 3. The summed E-state index contributed by atoms with van der Waals surface area (Å²) < 4.78 is -0.156. The van der Waals surface area contributed by atoms with Crippen molar-refractivity contribution >= 4 is 37.0 Å². The van der Waals surface area contributed by atoms with Crippen molar-refractivity contribution in [1.29, 1.82) is 0 Å². The molecule has 4 nitrogen and oxygen atoms in total.